The number of rotatable bonds is 6. The molecule has 0 aromatic heterocycles. The Labute approximate surface area is 189 Å². The van der Waals surface area contributed by atoms with Gasteiger partial charge in [-0.25, -0.2) is 8.78 Å². The smallest absolute Gasteiger partial charge is 0.140 e. The largest absolute Gasteiger partial charge is 0.380 e. The third-order valence-electron chi connectivity index (χ3n) is 5.03. The quantitative estimate of drug-likeness (QED) is 0.316. The Kier molecular flexibility index (Phi) is 8.61. The van der Waals surface area contributed by atoms with Crippen LogP contribution in [-0.4, -0.2) is 7.11 Å². The minimum Gasteiger partial charge on any atom is -0.380 e. The van der Waals surface area contributed by atoms with Gasteiger partial charge >= 0.3 is 0 Å². The summed E-state index contributed by atoms with van der Waals surface area (Å²) in [7, 11) is 1.65. The Morgan fingerprint density at radius 2 is 1.34 bits per heavy atom. The van der Waals surface area contributed by atoms with E-state index in [9.17, 15) is 8.78 Å². The molecule has 0 radical (unpaired) electrons. The molecule has 162 valence electrons. The molecule has 0 aliphatic heterocycles. The van der Waals surface area contributed by atoms with E-state index in [0.29, 0.717) is 23.3 Å². The van der Waals surface area contributed by atoms with Crippen LogP contribution in [-0.2, 0) is 17.8 Å². The third-order valence-corrected chi connectivity index (χ3v) is 5.03. The minimum absolute atomic E-state index is 0.255. The monoisotopic (exact) mass is 428 g/mol. The maximum absolute atomic E-state index is 14.5. The second-order valence-electron chi connectivity index (χ2n) is 7.59. The maximum atomic E-state index is 14.5. The van der Waals surface area contributed by atoms with Crippen molar-refractivity contribution in [3.63, 3.8) is 0 Å². The summed E-state index contributed by atoms with van der Waals surface area (Å²) in [4.78, 5) is 0. The van der Waals surface area contributed by atoms with E-state index in [4.69, 9.17) is 4.74 Å². The second kappa shape index (κ2) is 11.8. The molecule has 0 saturated carbocycles. The molecule has 0 spiro atoms. The van der Waals surface area contributed by atoms with Crippen molar-refractivity contribution in [1.29, 1.82) is 0 Å². The van der Waals surface area contributed by atoms with Crippen molar-refractivity contribution in [3.8, 4) is 23.7 Å². The normalized spacial score (nSPS) is 10.1. The van der Waals surface area contributed by atoms with Crippen LogP contribution in [0.15, 0.2) is 60.7 Å². The van der Waals surface area contributed by atoms with Gasteiger partial charge in [0.2, 0.25) is 0 Å². The second-order valence-corrected chi connectivity index (χ2v) is 7.59. The average Bonchev–Trinajstić information content (AvgIpc) is 2.79. The first kappa shape index (κ1) is 23.3. The fourth-order valence-electron chi connectivity index (χ4n) is 3.22. The van der Waals surface area contributed by atoms with Gasteiger partial charge in [0.1, 0.15) is 11.6 Å². The average molecular weight is 429 g/mol. The van der Waals surface area contributed by atoms with Gasteiger partial charge in [-0.1, -0.05) is 61.6 Å². The summed E-state index contributed by atoms with van der Waals surface area (Å²) in [5.74, 6) is 10.9. The maximum Gasteiger partial charge on any atom is 0.140 e. The highest BCUT2D eigenvalue weighted by Gasteiger charge is 2.03. The van der Waals surface area contributed by atoms with Crippen molar-refractivity contribution in [2.24, 2.45) is 0 Å². The van der Waals surface area contributed by atoms with E-state index in [-0.39, 0.29) is 11.4 Å². The van der Waals surface area contributed by atoms with Crippen LogP contribution in [0, 0.1) is 35.3 Å². The SMILES string of the molecule is CCCCCc1ccc(C#Cc2ccc(C#Cc3ccc(COC)cc3)cc2F)cc1F. The lowest BCUT2D eigenvalue weighted by molar-refractivity contribution is 0.185. The zero-order chi connectivity index (χ0) is 22.8. The molecule has 3 rings (SSSR count). The van der Waals surface area contributed by atoms with Gasteiger partial charge in [-0.3, -0.25) is 0 Å². The Morgan fingerprint density at radius 1 is 0.719 bits per heavy atom. The van der Waals surface area contributed by atoms with Gasteiger partial charge in [0.05, 0.1) is 12.2 Å². The predicted molar refractivity (Wildman–Crippen MR) is 125 cm³/mol. The van der Waals surface area contributed by atoms with Crippen molar-refractivity contribution < 1.29 is 13.5 Å². The number of halogens is 2. The molecule has 3 aromatic rings. The van der Waals surface area contributed by atoms with Crippen LogP contribution in [0.2, 0.25) is 0 Å². The van der Waals surface area contributed by atoms with Crippen LogP contribution in [0.3, 0.4) is 0 Å². The Bertz CT molecular complexity index is 1170. The fraction of sp³-hybridized carbons (Fsp3) is 0.241. The van der Waals surface area contributed by atoms with Gasteiger partial charge in [-0.05, 0) is 66.4 Å². The lowest BCUT2D eigenvalue weighted by Gasteiger charge is -2.03. The van der Waals surface area contributed by atoms with Crippen molar-refractivity contribution in [2.75, 3.05) is 7.11 Å². The summed E-state index contributed by atoms with van der Waals surface area (Å²) in [6.07, 6.45) is 3.88. The molecule has 0 amide bonds. The highest BCUT2D eigenvalue weighted by molar-refractivity contribution is 5.49. The molecule has 3 aromatic carbocycles. The highest BCUT2D eigenvalue weighted by Crippen LogP contribution is 2.14. The van der Waals surface area contributed by atoms with Crippen LogP contribution in [0.25, 0.3) is 0 Å². The molecule has 0 saturated heterocycles. The number of ether oxygens (including phenoxy) is 1. The van der Waals surface area contributed by atoms with Crippen molar-refractivity contribution in [1.82, 2.24) is 0 Å². The molecule has 1 nitrogen and oxygen atoms in total. The zero-order valence-corrected chi connectivity index (χ0v) is 18.5. The number of methoxy groups -OCH3 is 1. The summed E-state index contributed by atoms with van der Waals surface area (Å²) in [5.41, 5.74) is 3.96. The Hall–Kier alpha value is -3.40. The summed E-state index contributed by atoms with van der Waals surface area (Å²) in [6.45, 7) is 2.67. The first-order valence-electron chi connectivity index (χ1n) is 10.8. The van der Waals surface area contributed by atoms with Crippen LogP contribution in [0.4, 0.5) is 8.78 Å². The number of unbranched alkanes of at least 4 members (excludes halogenated alkanes) is 2. The molecule has 0 atom stereocenters. The van der Waals surface area contributed by atoms with E-state index < -0.39 is 5.82 Å². The van der Waals surface area contributed by atoms with Gasteiger partial charge in [0, 0.05) is 23.8 Å². The van der Waals surface area contributed by atoms with Crippen LogP contribution in [0.1, 0.15) is 59.6 Å². The van der Waals surface area contributed by atoms with Gasteiger partial charge in [-0.15, -0.1) is 0 Å². The molecular weight excluding hydrogens is 402 g/mol. The standard InChI is InChI=1S/C29H26F2O/c1-3-4-5-6-26-16-13-24(20-28(26)30)15-18-27-17-14-23(19-29(27)31)10-7-22-8-11-25(12-9-22)21-32-2/h8-9,11-14,16-17,19-20H,3-6,21H2,1-2H3. The summed E-state index contributed by atoms with van der Waals surface area (Å²) >= 11 is 0. The number of aryl methyl sites for hydroxylation is 1. The molecular formula is C29H26F2O. The molecule has 0 fully saturated rings. The van der Waals surface area contributed by atoms with E-state index in [1.807, 2.05) is 24.3 Å². The van der Waals surface area contributed by atoms with Crippen LogP contribution in [0.5, 0.6) is 0 Å². The summed E-state index contributed by atoms with van der Waals surface area (Å²) < 4.78 is 33.8. The van der Waals surface area contributed by atoms with Crippen LogP contribution < -0.4 is 0 Å². The Morgan fingerprint density at radius 3 is 2.00 bits per heavy atom. The van der Waals surface area contributed by atoms with E-state index in [0.717, 1.165) is 36.8 Å². The van der Waals surface area contributed by atoms with E-state index in [2.05, 4.69) is 30.6 Å². The highest BCUT2D eigenvalue weighted by atomic mass is 19.1. The van der Waals surface area contributed by atoms with Crippen molar-refractivity contribution >= 4 is 0 Å². The van der Waals surface area contributed by atoms with Crippen molar-refractivity contribution in [3.05, 3.63) is 106 Å². The fourth-order valence-corrected chi connectivity index (χ4v) is 3.22. The molecule has 0 aliphatic rings. The topological polar surface area (TPSA) is 9.23 Å². The van der Waals surface area contributed by atoms with Crippen molar-refractivity contribution in [2.45, 2.75) is 39.2 Å². The molecule has 0 aliphatic carbocycles. The van der Waals surface area contributed by atoms with Gasteiger partial charge in [0.25, 0.3) is 0 Å². The lowest BCUT2D eigenvalue weighted by Crippen LogP contribution is -1.92. The molecule has 3 heteroatoms. The summed E-state index contributed by atoms with van der Waals surface area (Å²) in [6, 6.07) is 17.4. The third kappa shape index (κ3) is 6.81. The van der Waals surface area contributed by atoms with E-state index in [1.54, 1.807) is 31.4 Å². The van der Waals surface area contributed by atoms with E-state index in [1.165, 1.54) is 12.1 Å². The molecule has 0 N–H and O–H groups in total. The molecule has 32 heavy (non-hydrogen) atoms. The summed E-state index contributed by atoms with van der Waals surface area (Å²) in [5, 5.41) is 0. The van der Waals surface area contributed by atoms with Gasteiger partial charge < -0.3 is 4.74 Å². The first-order chi connectivity index (χ1) is 15.6. The number of hydrogen-bond acceptors (Lipinski definition) is 1. The van der Waals surface area contributed by atoms with E-state index >= 15 is 0 Å². The number of hydrogen-bond donors (Lipinski definition) is 0. The van der Waals surface area contributed by atoms with Gasteiger partial charge in [-0.2, -0.15) is 0 Å². The van der Waals surface area contributed by atoms with Crippen LogP contribution >= 0.6 is 0 Å². The van der Waals surface area contributed by atoms with Gasteiger partial charge in [0.15, 0.2) is 0 Å². The number of benzene rings is 3. The molecule has 0 unspecified atom stereocenters. The molecule has 0 bridgehead atoms. The molecule has 0 heterocycles. The lowest BCUT2D eigenvalue weighted by atomic mass is 10.0. The first-order valence-corrected chi connectivity index (χ1v) is 10.8. The Balaban J connectivity index is 1.69. The minimum atomic E-state index is -0.448. The predicted octanol–water partition coefficient (Wildman–Crippen LogP) is 6.64. The zero-order valence-electron chi connectivity index (χ0n) is 18.5.